The van der Waals surface area contributed by atoms with Crippen LogP contribution >= 0.6 is 0 Å². The highest BCUT2D eigenvalue weighted by Gasteiger charge is 2.36. The van der Waals surface area contributed by atoms with Gasteiger partial charge in [-0.2, -0.15) is 4.40 Å². The van der Waals surface area contributed by atoms with Crippen molar-refractivity contribution in [1.29, 1.82) is 0 Å². The Morgan fingerprint density at radius 1 is 0.854 bits per heavy atom. The van der Waals surface area contributed by atoms with E-state index < -0.39 is 0 Å². The van der Waals surface area contributed by atoms with E-state index in [0.717, 1.165) is 25.8 Å². The van der Waals surface area contributed by atoms with Crippen LogP contribution in [0.2, 0.25) is 0 Å². The number of nitrogens with zero attached hydrogens (tertiary/aromatic N) is 2. The van der Waals surface area contributed by atoms with Gasteiger partial charge in [0.05, 0.1) is 11.9 Å². The fourth-order valence-electron chi connectivity index (χ4n) is 7.62. The van der Waals surface area contributed by atoms with Gasteiger partial charge in [0.15, 0.2) is 5.69 Å². The number of hydrogen-bond acceptors (Lipinski definition) is 0. The van der Waals surface area contributed by atoms with Gasteiger partial charge in [-0.15, -0.1) is 0 Å². The zero-order valence-corrected chi connectivity index (χ0v) is 27.1. The van der Waals surface area contributed by atoms with Gasteiger partial charge in [0, 0.05) is 28.7 Å². The van der Waals surface area contributed by atoms with Gasteiger partial charge < -0.3 is 0 Å². The second-order valence-corrected chi connectivity index (χ2v) is 13.5. The normalized spacial score (nSPS) is 12.6. The van der Waals surface area contributed by atoms with Crippen molar-refractivity contribution in [2.75, 3.05) is 0 Å². The fraction of sp³-hybridized carbons (Fsp3) is 0.410. The Kier molecular flexibility index (Phi) is 7.43. The van der Waals surface area contributed by atoms with Crippen molar-refractivity contribution < 1.29 is 4.40 Å². The smallest absolute Gasteiger partial charge is 0.227 e. The SMILES string of the molecule is C=C(C)C(CC)(CC)c1cccc2c3cc(CC(C)(C)C)ccc3[n+]3c(-c4c(C)cccc4C)c(C)n(CC)c3c12. The Bertz CT molecular complexity index is 1780. The lowest BCUT2D eigenvalue weighted by Crippen LogP contribution is -2.29. The van der Waals surface area contributed by atoms with Crippen LogP contribution in [0.3, 0.4) is 0 Å². The van der Waals surface area contributed by atoms with Crippen LogP contribution in [0.15, 0.2) is 66.7 Å². The maximum Gasteiger partial charge on any atom is 0.295 e. The fourth-order valence-corrected chi connectivity index (χ4v) is 7.62. The van der Waals surface area contributed by atoms with E-state index in [9.17, 15) is 0 Å². The second-order valence-electron chi connectivity index (χ2n) is 13.5. The maximum atomic E-state index is 4.57. The molecular formula is C39H49N2+. The first kappa shape index (κ1) is 29.1. The molecule has 0 unspecified atom stereocenters. The van der Waals surface area contributed by atoms with Crippen molar-refractivity contribution in [2.45, 2.75) is 100 Å². The summed E-state index contributed by atoms with van der Waals surface area (Å²) in [6.45, 7) is 28.5. The summed E-state index contributed by atoms with van der Waals surface area (Å²) in [5.41, 5.74) is 13.4. The number of allylic oxidation sites excluding steroid dienone is 1. The molecule has 214 valence electrons. The molecule has 2 heterocycles. The summed E-state index contributed by atoms with van der Waals surface area (Å²) in [6.07, 6.45) is 3.11. The average molecular weight is 546 g/mol. The van der Waals surface area contributed by atoms with Gasteiger partial charge in [-0.1, -0.05) is 89.2 Å². The van der Waals surface area contributed by atoms with Crippen molar-refractivity contribution in [1.82, 2.24) is 4.57 Å². The molecular weight excluding hydrogens is 496 g/mol. The standard InChI is InChI=1S/C39H49N2/c1-12-39(13-2,25(4)5)32-20-16-19-30-31-23-29(24-38(9,10)11)21-22-33(31)41-36(34-26(6)17-15-18-27(34)7)28(8)40(14-3)37(41)35(30)32/h15-23H,4,12-14,24H2,1-3,5-11H3/q+1. The van der Waals surface area contributed by atoms with Crippen molar-refractivity contribution >= 4 is 27.3 Å². The van der Waals surface area contributed by atoms with E-state index in [1.54, 1.807) is 0 Å². The molecule has 0 bridgehead atoms. The summed E-state index contributed by atoms with van der Waals surface area (Å²) < 4.78 is 5.16. The van der Waals surface area contributed by atoms with Crippen LogP contribution < -0.4 is 4.40 Å². The summed E-state index contributed by atoms with van der Waals surface area (Å²) in [7, 11) is 0. The summed E-state index contributed by atoms with van der Waals surface area (Å²) in [4.78, 5) is 0. The minimum absolute atomic E-state index is 0.0841. The molecule has 5 rings (SSSR count). The number of hydrogen-bond donors (Lipinski definition) is 0. The van der Waals surface area contributed by atoms with E-state index in [1.165, 1.54) is 72.1 Å². The molecule has 0 radical (unpaired) electrons. The zero-order chi connectivity index (χ0) is 29.9. The van der Waals surface area contributed by atoms with Crippen LogP contribution in [0.1, 0.15) is 89.3 Å². The minimum Gasteiger partial charge on any atom is -0.227 e. The molecule has 0 spiro atoms. The van der Waals surface area contributed by atoms with Crippen LogP contribution in [0.25, 0.3) is 38.6 Å². The molecule has 5 aromatic rings. The van der Waals surface area contributed by atoms with Crippen molar-refractivity contribution in [3.63, 3.8) is 0 Å². The maximum absolute atomic E-state index is 4.57. The van der Waals surface area contributed by atoms with Crippen LogP contribution in [0.5, 0.6) is 0 Å². The monoisotopic (exact) mass is 545 g/mol. The number of pyridine rings is 1. The highest BCUT2D eigenvalue weighted by atomic mass is 15.1. The van der Waals surface area contributed by atoms with E-state index >= 15 is 0 Å². The molecule has 0 saturated heterocycles. The first-order valence-electron chi connectivity index (χ1n) is 15.5. The topological polar surface area (TPSA) is 9.03 Å². The minimum atomic E-state index is -0.0841. The largest absolute Gasteiger partial charge is 0.295 e. The highest BCUT2D eigenvalue weighted by Crippen LogP contribution is 2.44. The van der Waals surface area contributed by atoms with Crippen LogP contribution in [-0.2, 0) is 18.4 Å². The van der Waals surface area contributed by atoms with E-state index in [2.05, 4.69) is 139 Å². The lowest BCUT2D eigenvalue weighted by Gasteiger charge is -2.34. The molecule has 41 heavy (non-hydrogen) atoms. The highest BCUT2D eigenvalue weighted by molar-refractivity contribution is 6.11. The Hall–Kier alpha value is -3.39. The second kappa shape index (κ2) is 10.5. The van der Waals surface area contributed by atoms with Crippen molar-refractivity contribution in [3.05, 3.63) is 94.7 Å². The first-order valence-corrected chi connectivity index (χ1v) is 15.5. The predicted molar refractivity (Wildman–Crippen MR) is 178 cm³/mol. The molecule has 3 aromatic carbocycles. The Labute approximate surface area is 247 Å². The molecule has 0 aliphatic carbocycles. The Morgan fingerprint density at radius 2 is 1.49 bits per heavy atom. The average Bonchev–Trinajstić information content (AvgIpc) is 3.20. The van der Waals surface area contributed by atoms with E-state index in [4.69, 9.17) is 0 Å². The van der Waals surface area contributed by atoms with Gasteiger partial charge in [-0.25, -0.2) is 4.57 Å². The molecule has 2 heteroatoms. The molecule has 0 N–H and O–H groups in total. The Balaban J connectivity index is 2.12. The summed E-state index contributed by atoms with van der Waals surface area (Å²) >= 11 is 0. The molecule has 0 aliphatic rings. The molecule has 0 saturated carbocycles. The van der Waals surface area contributed by atoms with Crippen LogP contribution in [0, 0.1) is 26.2 Å². The summed E-state index contributed by atoms with van der Waals surface area (Å²) in [5.74, 6) is 0. The summed E-state index contributed by atoms with van der Waals surface area (Å²) in [6, 6.07) is 20.9. The third kappa shape index (κ3) is 4.51. The lowest BCUT2D eigenvalue weighted by molar-refractivity contribution is -0.467. The lowest BCUT2D eigenvalue weighted by atomic mass is 9.69. The molecule has 0 amide bonds. The number of rotatable bonds is 7. The van der Waals surface area contributed by atoms with Gasteiger partial charge in [-0.05, 0) is 86.8 Å². The number of imidazole rings is 1. The number of aryl methyl sites for hydroxylation is 3. The molecule has 0 atom stereocenters. The van der Waals surface area contributed by atoms with Gasteiger partial charge in [0.2, 0.25) is 0 Å². The van der Waals surface area contributed by atoms with Crippen LogP contribution in [0.4, 0.5) is 0 Å². The quantitative estimate of drug-likeness (QED) is 0.109. The number of benzene rings is 3. The molecule has 2 aromatic heterocycles. The summed E-state index contributed by atoms with van der Waals surface area (Å²) in [5, 5.41) is 4.06. The van der Waals surface area contributed by atoms with E-state index in [0.29, 0.717) is 0 Å². The Morgan fingerprint density at radius 3 is 2.05 bits per heavy atom. The number of aromatic nitrogens is 2. The van der Waals surface area contributed by atoms with Crippen molar-refractivity contribution in [3.8, 4) is 11.3 Å². The molecule has 2 nitrogen and oxygen atoms in total. The van der Waals surface area contributed by atoms with E-state index in [-0.39, 0.29) is 10.8 Å². The third-order valence-electron chi connectivity index (χ3n) is 9.63. The molecule has 0 fully saturated rings. The van der Waals surface area contributed by atoms with Gasteiger partial charge in [0.1, 0.15) is 11.2 Å². The number of fused-ring (bicyclic) bond motifs is 6. The van der Waals surface area contributed by atoms with Crippen molar-refractivity contribution in [2.24, 2.45) is 5.41 Å². The van der Waals surface area contributed by atoms with Gasteiger partial charge in [-0.3, -0.25) is 0 Å². The van der Waals surface area contributed by atoms with Crippen LogP contribution in [-0.4, -0.2) is 4.57 Å². The first-order chi connectivity index (χ1) is 19.4. The predicted octanol–water partition coefficient (Wildman–Crippen LogP) is 10.4. The van der Waals surface area contributed by atoms with Gasteiger partial charge in [0.25, 0.3) is 5.65 Å². The molecule has 0 aliphatic heterocycles. The van der Waals surface area contributed by atoms with Gasteiger partial charge >= 0.3 is 0 Å². The van der Waals surface area contributed by atoms with E-state index in [1.807, 2.05) is 0 Å². The zero-order valence-electron chi connectivity index (χ0n) is 27.1. The third-order valence-corrected chi connectivity index (χ3v) is 9.63.